The van der Waals surface area contributed by atoms with Gasteiger partial charge in [-0.05, 0) is 54.7 Å². The SMILES string of the molecule is Cc1ccc(CC(NN)c2ccc(F)cc2)cc1C. The molecular weight excluding hydrogens is 239 g/mol. The highest BCUT2D eigenvalue weighted by Gasteiger charge is 2.11. The van der Waals surface area contributed by atoms with Crippen LogP contribution in [0.1, 0.15) is 28.3 Å². The summed E-state index contributed by atoms with van der Waals surface area (Å²) in [6.45, 7) is 4.19. The Balaban J connectivity index is 2.18. The summed E-state index contributed by atoms with van der Waals surface area (Å²) in [5.41, 5.74) is 7.56. The van der Waals surface area contributed by atoms with Gasteiger partial charge in [-0.2, -0.15) is 0 Å². The zero-order valence-electron chi connectivity index (χ0n) is 11.3. The van der Waals surface area contributed by atoms with Crippen LogP contribution in [-0.2, 0) is 6.42 Å². The van der Waals surface area contributed by atoms with E-state index in [9.17, 15) is 4.39 Å². The van der Waals surface area contributed by atoms with Crippen molar-refractivity contribution >= 4 is 0 Å². The summed E-state index contributed by atoms with van der Waals surface area (Å²) < 4.78 is 12.9. The third-order valence-corrected chi connectivity index (χ3v) is 3.48. The van der Waals surface area contributed by atoms with E-state index >= 15 is 0 Å². The summed E-state index contributed by atoms with van der Waals surface area (Å²) in [7, 11) is 0. The number of hydrazine groups is 1. The molecular formula is C16H19FN2. The normalized spacial score (nSPS) is 12.4. The molecule has 2 aromatic rings. The second-order valence-electron chi connectivity index (χ2n) is 4.89. The lowest BCUT2D eigenvalue weighted by atomic mass is 9.97. The second kappa shape index (κ2) is 5.95. The summed E-state index contributed by atoms with van der Waals surface area (Å²) in [5.74, 6) is 5.38. The maximum Gasteiger partial charge on any atom is 0.123 e. The highest BCUT2D eigenvalue weighted by atomic mass is 19.1. The number of halogens is 1. The molecule has 2 aromatic carbocycles. The van der Waals surface area contributed by atoms with Gasteiger partial charge < -0.3 is 0 Å². The molecule has 3 heteroatoms. The second-order valence-corrected chi connectivity index (χ2v) is 4.89. The number of rotatable bonds is 4. The maximum absolute atomic E-state index is 12.9. The average Bonchev–Trinajstić information content (AvgIpc) is 2.41. The van der Waals surface area contributed by atoms with Gasteiger partial charge >= 0.3 is 0 Å². The average molecular weight is 258 g/mol. The van der Waals surface area contributed by atoms with E-state index in [0.717, 1.165) is 12.0 Å². The molecule has 0 aliphatic heterocycles. The van der Waals surface area contributed by atoms with Crippen molar-refractivity contribution in [2.75, 3.05) is 0 Å². The fourth-order valence-electron chi connectivity index (χ4n) is 2.13. The molecule has 3 N–H and O–H groups in total. The topological polar surface area (TPSA) is 38.0 Å². The first-order chi connectivity index (χ1) is 9.10. The molecule has 0 saturated carbocycles. The molecule has 0 fully saturated rings. The van der Waals surface area contributed by atoms with E-state index in [1.165, 1.54) is 28.8 Å². The number of nitrogens with one attached hydrogen (secondary N) is 1. The van der Waals surface area contributed by atoms with Gasteiger partial charge in [-0.15, -0.1) is 0 Å². The van der Waals surface area contributed by atoms with Gasteiger partial charge in [-0.3, -0.25) is 11.3 Å². The predicted molar refractivity (Wildman–Crippen MR) is 76.1 cm³/mol. The van der Waals surface area contributed by atoms with Gasteiger partial charge in [0.05, 0.1) is 0 Å². The van der Waals surface area contributed by atoms with Crippen LogP contribution in [0.25, 0.3) is 0 Å². The van der Waals surface area contributed by atoms with Crippen molar-refractivity contribution in [2.24, 2.45) is 5.84 Å². The van der Waals surface area contributed by atoms with Gasteiger partial charge in [-0.1, -0.05) is 30.3 Å². The zero-order chi connectivity index (χ0) is 13.8. The Morgan fingerprint density at radius 2 is 1.74 bits per heavy atom. The number of nitrogens with two attached hydrogens (primary N) is 1. The Morgan fingerprint density at radius 1 is 1.05 bits per heavy atom. The van der Waals surface area contributed by atoms with E-state index in [0.29, 0.717) is 0 Å². The third kappa shape index (κ3) is 3.40. The first-order valence-electron chi connectivity index (χ1n) is 6.38. The zero-order valence-corrected chi connectivity index (χ0v) is 11.3. The summed E-state index contributed by atoms with van der Waals surface area (Å²) in [6.07, 6.45) is 0.781. The number of aryl methyl sites for hydroxylation is 2. The highest BCUT2D eigenvalue weighted by molar-refractivity contribution is 5.31. The summed E-state index contributed by atoms with van der Waals surface area (Å²) >= 11 is 0. The van der Waals surface area contributed by atoms with Crippen LogP contribution in [0.15, 0.2) is 42.5 Å². The Hall–Kier alpha value is -1.71. The minimum absolute atomic E-state index is 0.0114. The predicted octanol–water partition coefficient (Wildman–Crippen LogP) is 3.19. The quantitative estimate of drug-likeness (QED) is 0.653. The molecule has 0 radical (unpaired) electrons. The van der Waals surface area contributed by atoms with Crippen molar-refractivity contribution in [1.29, 1.82) is 0 Å². The van der Waals surface area contributed by atoms with Crippen LogP contribution in [0.2, 0.25) is 0 Å². The molecule has 0 amide bonds. The van der Waals surface area contributed by atoms with Crippen LogP contribution in [0.5, 0.6) is 0 Å². The fraction of sp³-hybridized carbons (Fsp3) is 0.250. The van der Waals surface area contributed by atoms with Crippen LogP contribution in [-0.4, -0.2) is 0 Å². The van der Waals surface area contributed by atoms with E-state index in [2.05, 4.69) is 37.5 Å². The van der Waals surface area contributed by atoms with Gasteiger partial charge in [0.25, 0.3) is 0 Å². The lowest BCUT2D eigenvalue weighted by Gasteiger charge is -2.17. The van der Waals surface area contributed by atoms with Gasteiger partial charge in [0.15, 0.2) is 0 Å². The molecule has 0 aliphatic carbocycles. The lowest BCUT2D eigenvalue weighted by Crippen LogP contribution is -2.29. The largest absolute Gasteiger partial charge is 0.271 e. The Labute approximate surface area is 113 Å². The minimum Gasteiger partial charge on any atom is -0.271 e. The first kappa shape index (κ1) is 13.7. The van der Waals surface area contributed by atoms with E-state index in [-0.39, 0.29) is 11.9 Å². The van der Waals surface area contributed by atoms with Gasteiger partial charge in [0.1, 0.15) is 5.82 Å². The van der Waals surface area contributed by atoms with Crippen molar-refractivity contribution < 1.29 is 4.39 Å². The van der Waals surface area contributed by atoms with Gasteiger partial charge in [0, 0.05) is 6.04 Å². The number of hydrogen-bond donors (Lipinski definition) is 2. The van der Waals surface area contributed by atoms with Crippen LogP contribution >= 0.6 is 0 Å². The molecule has 100 valence electrons. The van der Waals surface area contributed by atoms with Crippen molar-refractivity contribution in [3.8, 4) is 0 Å². The highest BCUT2D eigenvalue weighted by Crippen LogP contribution is 2.20. The Morgan fingerprint density at radius 3 is 2.32 bits per heavy atom. The van der Waals surface area contributed by atoms with Gasteiger partial charge in [-0.25, -0.2) is 4.39 Å². The molecule has 0 heterocycles. The lowest BCUT2D eigenvalue weighted by molar-refractivity contribution is 0.549. The minimum atomic E-state index is -0.231. The first-order valence-corrected chi connectivity index (χ1v) is 6.38. The van der Waals surface area contributed by atoms with Crippen LogP contribution in [0.3, 0.4) is 0 Å². The van der Waals surface area contributed by atoms with E-state index < -0.39 is 0 Å². The molecule has 1 atom stereocenters. The van der Waals surface area contributed by atoms with E-state index in [4.69, 9.17) is 5.84 Å². The van der Waals surface area contributed by atoms with Crippen molar-refractivity contribution in [3.05, 3.63) is 70.5 Å². The number of benzene rings is 2. The molecule has 0 bridgehead atoms. The van der Waals surface area contributed by atoms with E-state index in [1.54, 1.807) is 12.1 Å². The van der Waals surface area contributed by atoms with E-state index in [1.807, 2.05) is 0 Å². The molecule has 19 heavy (non-hydrogen) atoms. The monoisotopic (exact) mass is 258 g/mol. The molecule has 0 spiro atoms. The van der Waals surface area contributed by atoms with Crippen molar-refractivity contribution in [1.82, 2.24) is 5.43 Å². The smallest absolute Gasteiger partial charge is 0.123 e. The molecule has 2 nitrogen and oxygen atoms in total. The summed E-state index contributed by atoms with van der Waals surface area (Å²) in [6, 6.07) is 12.8. The van der Waals surface area contributed by atoms with Crippen molar-refractivity contribution in [2.45, 2.75) is 26.3 Å². The summed E-state index contributed by atoms with van der Waals surface area (Å²) in [5, 5.41) is 0. The Bertz CT molecular complexity index is 549. The van der Waals surface area contributed by atoms with Crippen molar-refractivity contribution in [3.63, 3.8) is 0 Å². The summed E-state index contributed by atoms with van der Waals surface area (Å²) in [4.78, 5) is 0. The number of hydrogen-bond acceptors (Lipinski definition) is 2. The van der Waals surface area contributed by atoms with Crippen LogP contribution in [0.4, 0.5) is 4.39 Å². The molecule has 1 unspecified atom stereocenters. The molecule has 0 saturated heterocycles. The van der Waals surface area contributed by atoms with Crippen LogP contribution < -0.4 is 11.3 Å². The standard InChI is InChI=1S/C16H19FN2/c1-11-3-4-13(9-12(11)2)10-16(19-18)14-5-7-15(17)8-6-14/h3-9,16,19H,10,18H2,1-2H3. The van der Waals surface area contributed by atoms with Gasteiger partial charge in [0.2, 0.25) is 0 Å². The fourth-order valence-corrected chi connectivity index (χ4v) is 2.13. The van der Waals surface area contributed by atoms with Crippen LogP contribution in [0, 0.1) is 19.7 Å². The molecule has 0 aromatic heterocycles. The third-order valence-electron chi connectivity index (χ3n) is 3.48. The molecule has 0 aliphatic rings. The maximum atomic E-state index is 12.9. The Kier molecular flexibility index (Phi) is 4.30. The molecule has 2 rings (SSSR count).